The quantitative estimate of drug-likeness (QED) is 0.568. The third-order valence-electron chi connectivity index (χ3n) is 6.39. The summed E-state index contributed by atoms with van der Waals surface area (Å²) in [5.74, 6) is 1.40. The van der Waals surface area contributed by atoms with E-state index in [9.17, 15) is 4.79 Å². The van der Waals surface area contributed by atoms with Crippen LogP contribution < -0.4 is 5.73 Å². The second kappa shape index (κ2) is 7.29. The molecule has 2 aromatic carbocycles. The van der Waals surface area contributed by atoms with Gasteiger partial charge in [-0.15, -0.1) is 0 Å². The van der Waals surface area contributed by atoms with Gasteiger partial charge in [-0.25, -0.2) is 4.98 Å². The van der Waals surface area contributed by atoms with E-state index in [2.05, 4.69) is 46.4 Å². The standard InChI is InChI=1S/C24H27N5O/c1-3-29-20-7-5-4-6-17(20)13-22(29)23-26-19-12-18(8-9-21(19)27(23)2)24(30)28-11-10-16(14-25)15-28/h4-9,12-13,16H,3,10-11,14-15,25H2,1-2H3. The van der Waals surface area contributed by atoms with Gasteiger partial charge in [0.25, 0.3) is 5.91 Å². The van der Waals surface area contributed by atoms with E-state index < -0.39 is 0 Å². The number of aryl methyl sites for hydroxylation is 2. The molecule has 1 unspecified atom stereocenters. The summed E-state index contributed by atoms with van der Waals surface area (Å²) < 4.78 is 4.41. The van der Waals surface area contributed by atoms with E-state index in [1.54, 1.807) is 0 Å². The van der Waals surface area contributed by atoms with Gasteiger partial charge < -0.3 is 19.8 Å². The fourth-order valence-electron chi connectivity index (χ4n) is 4.69. The maximum atomic E-state index is 13.0. The summed E-state index contributed by atoms with van der Waals surface area (Å²) >= 11 is 0. The number of nitrogens with zero attached hydrogens (tertiary/aromatic N) is 4. The highest BCUT2D eigenvalue weighted by Gasteiger charge is 2.26. The lowest BCUT2D eigenvalue weighted by atomic mass is 10.1. The average molecular weight is 402 g/mol. The Morgan fingerprint density at radius 2 is 2.00 bits per heavy atom. The van der Waals surface area contributed by atoms with Gasteiger partial charge in [0.05, 0.1) is 16.7 Å². The number of para-hydroxylation sites is 1. The van der Waals surface area contributed by atoms with E-state index >= 15 is 0 Å². The topological polar surface area (TPSA) is 69.1 Å². The van der Waals surface area contributed by atoms with Crippen LogP contribution in [0.1, 0.15) is 23.7 Å². The van der Waals surface area contributed by atoms with E-state index in [1.165, 1.54) is 10.9 Å². The number of amides is 1. The van der Waals surface area contributed by atoms with Crippen molar-refractivity contribution >= 4 is 27.8 Å². The second-order valence-electron chi connectivity index (χ2n) is 8.17. The smallest absolute Gasteiger partial charge is 0.253 e. The van der Waals surface area contributed by atoms with Gasteiger partial charge in [-0.1, -0.05) is 18.2 Å². The van der Waals surface area contributed by atoms with Gasteiger partial charge in [-0.3, -0.25) is 4.79 Å². The molecule has 30 heavy (non-hydrogen) atoms. The normalized spacial score (nSPS) is 16.8. The molecule has 6 nitrogen and oxygen atoms in total. The lowest BCUT2D eigenvalue weighted by Gasteiger charge is -2.16. The lowest BCUT2D eigenvalue weighted by Crippen LogP contribution is -2.29. The van der Waals surface area contributed by atoms with Crippen LogP contribution >= 0.6 is 0 Å². The van der Waals surface area contributed by atoms with Crippen LogP contribution in [-0.4, -0.2) is 44.6 Å². The molecule has 1 aliphatic heterocycles. The van der Waals surface area contributed by atoms with Crippen molar-refractivity contribution < 1.29 is 4.79 Å². The van der Waals surface area contributed by atoms with Gasteiger partial charge in [0, 0.05) is 43.1 Å². The van der Waals surface area contributed by atoms with Crippen molar-refractivity contribution in [2.75, 3.05) is 19.6 Å². The summed E-state index contributed by atoms with van der Waals surface area (Å²) in [6, 6.07) is 16.5. The third kappa shape index (κ3) is 2.91. The average Bonchev–Trinajstić information content (AvgIpc) is 3.48. The Morgan fingerprint density at radius 3 is 2.77 bits per heavy atom. The molecule has 0 aliphatic carbocycles. The predicted molar refractivity (Wildman–Crippen MR) is 120 cm³/mol. The van der Waals surface area contributed by atoms with Crippen LogP contribution in [-0.2, 0) is 13.6 Å². The number of benzene rings is 2. The number of carbonyl (C=O) groups excluding carboxylic acids is 1. The molecule has 3 heterocycles. The number of hydrogen-bond donors (Lipinski definition) is 1. The Morgan fingerprint density at radius 1 is 1.17 bits per heavy atom. The van der Waals surface area contributed by atoms with Crippen molar-refractivity contribution in [3.63, 3.8) is 0 Å². The molecule has 1 saturated heterocycles. The Balaban J connectivity index is 1.56. The molecule has 4 aromatic rings. The maximum absolute atomic E-state index is 13.0. The van der Waals surface area contributed by atoms with Crippen molar-refractivity contribution in [1.29, 1.82) is 0 Å². The van der Waals surface area contributed by atoms with Gasteiger partial charge in [0.15, 0.2) is 5.82 Å². The van der Waals surface area contributed by atoms with Crippen molar-refractivity contribution in [3.05, 3.63) is 54.1 Å². The summed E-state index contributed by atoms with van der Waals surface area (Å²) in [7, 11) is 2.04. The second-order valence-corrected chi connectivity index (χ2v) is 8.17. The maximum Gasteiger partial charge on any atom is 0.253 e. The van der Waals surface area contributed by atoms with Crippen molar-refractivity contribution in [2.45, 2.75) is 19.9 Å². The van der Waals surface area contributed by atoms with E-state index in [-0.39, 0.29) is 5.91 Å². The molecule has 2 aromatic heterocycles. The number of likely N-dealkylation sites (tertiary alicyclic amines) is 1. The van der Waals surface area contributed by atoms with Crippen LogP contribution in [0.3, 0.4) is 0 Å². The zero-order chi connectivity index (χ0) is 20.8. The van der Waals surface area contributed by atoms with E-state index in [0.717, 1.165) is 48.6 Å². The molecule has 1 aliphatic rings. The van der Waals surface area contributed by atoms with E-state index in [1.807, 2.05) is 30.1 Å². The highest BCUT2D eigenvalue weighted by atomic mass is 16.2. The molecule has 0 saturated carbocycles. The zero-order valence-corrected chi connectivity index (χ0v) is 17.5. The molecule has 5 rings (SSSR count). The summed E-state index contributed by atoms with van der Waals surface area (Å²) in [6.07, 6.45) is 0.986. The lowest BCUT2D eigenvalue weighted by molar-refractivity contribution is 0.0788. The summed E-state index contributed by atoms with van der Waals surface area (Å²) in [4.78, 5) is 19.8. The number of imidazole rings is 1. The molecular formula is C24H27N5O. The van der Waals surface area contributed by atoms with E-state index in [4.69, 9.17) is 10.7 Å². The van der Waals surface area contributed by atoms with Gasteiger partial charge >= 0.3 is 0 Å². The first-order chi connectivity index (χ1) is 14.6. The van der Waals surface area contributed by atoms with Crippen LogP contribution in [0.25, 0.3) is 33.5 Å². The Kier molecular flexibility index (Phi) is 4.59. The molecule has 2 N–H and O–H groups in total. The van der Waals surface area contributed by atoms with Crippen LogP contribution in [0, 0.1) is 5.92 Å². The third-order valence-corrected chi connectivity index (χ3v) is 6.39. The van der Waals surface area contributed by atoms with Crippen molar-refractivity contribution in [2.24, 2.45) is 18.7 Å². The largest absolute Gasteiger partial charge is 0.338 e. The Labute approximate surface area is 175 Å². The SMILES string of the molecule is CCn1c(-c2nc3cc(C(=O)N4CCC(CN)C4)ccc3n2C)cc2ccccc21. The zero-order valence-electron chi connectivity index (χ0n) is 17.5. The van der Waals surface area contributed by atoms with Gasteiger partial charge in [0.2, 0.25) is 0 Å². The van der Waals surface area contributed by atoms with Crippen LogP contribution in [0.2, 0.25) is 0 Å². The molecular weight excluding hydrogens is 374 g/mol. The molecule has 6 heteroatoms. The molecule has 1 amide bonds. The number of rotatable bonds is 4. The highest BCUT2D eigenvalue weighted by Crippen LogP contribution is 2.30. The first-order valence-corrected chi connectivity index (χ1v) is 10.6. The minimum atomic E-state index is 0.0720. The van der Waals surface area contributed by atoms with Gasteiger partial charge in [-0.2, -0.15) is 0 Å². The summed E-state index contributed by atoms with van der Waals surface area (Å²) in [6.45, 7) is 5.19. The molecule has 0 radical (unpaired) electrons. The van der Waals surface area contributed by atoms with Crippen LogP contribution in [0.15, 0.2) is 48.5 Å². The summed E-state index contributed by atoms with van der Waals surface area (Å²) in [5, 5.41) is 1.21. The Bertz CT molecular complexity index is 1250. The number of nitrogens with two attached hydrogens (primary N) is 1. The van der Waals surface area contributed by atoms with Crippen LogP contribution in [0.4, 0.5) is 0 Å². The number of aromatic nitrogens is 3. The number of hydrogen-bond acceptors (Lipinski definition) is 3. The highest BCUT2D eigenvalue weighted by molar-refractivity contribution is 5.98. The molecule has 154 valence electrons. The van der Waals surface area contributed by atoms with E-state index in [0.29, 0.717) is 18.0 Å². The Hall–Kier alpha value is -3.12. The first-order valence-electron chi connectivity index (χ1n) is 10.6. The number of fused-ring (bicyclic) bond motifs is 2. The molecule has 1 fully saturated rings. The molecule has 1 atom stereocenters. The fraction of sp³-hybridized carbons (Fsp3) is 0.333. The molecule has 0 spiro atoms. The van der Waals surface area contributed by atoms with Crippen molar-refractivity contribution in [1.82, 2.24) is 19.0 Å². The summed E-state index contributed by atoms with van der Waals surface area (Å²) in [5.41, 5.74) is 10.7. The van der Waals surface area contributed by atoms with Crippen LogP contribution in [0.5, 0.6) is 0 Å². The molecule has 0 bridgehead atoms. The van der Waals surface area contributed by atoms with Gasteiger partial charge in [-0.05, 0) is 56.1 Å². The first kappa shape index (κ1) is 18.9. The minimum Gasteiger partial charge on any atom is -0.338 e. The van der Waals surface area contributed by atoms with Gasteiger partial charge in [0.1, 0.15) is 0 Å². The van der Waals surface area contributed by atoms with Crippen molar-refractivity contribution in [3.8, 4) is 11.5 Å². The predicted octanol–water partition coefficient (Wildman–Crippen LogP) is 3.64. The number of carbonyl (C=O) groups is 1. The fourth-order valence-corrected chi connectivity index (χ4v) is 4.69. The monoisotopic (exact) mass is 401 g/mol. The minimum absolute atomic E-state index is 0.0720.